The molecule has 0 atom stereocenters. The summed E-state index contributed by atoms with van der Waals surface area (Å²) in [5.74, 6) is 2.73. The number of nitrogen functional groups attached to an aromatic ring is 1. The number of hydrazine groups is 1. The molecule has 16 heavy (non-hydrogen) atoms. The molecule has 0 radical (unpaired) electrons. The normalized spacial score (nSPS) is 10.0. The van der Waals surface area contributed by atoms with Gasteiger partial charge in [-0.05, 0) is 6.92 Å². The summed E-state index contributed by atoms with van der Waals surface area (Å²) in [5.41, 5.74) is 2.91. The van der Waals surface area contributed by atoms with Gasteiger partial charge in [0.1, 0.15) is 0 Å². The second-order valence-electron chi connectivity index (χ2n) is 3.31. The fourth-order valence-electron chi connectivity index (χ4n) is 0.974. The zero-order chi connectivity index (χ0) is 12.1. The van der Waals surface area contributed by atoms with Crippen LogP contribution >= 0.6 is 0 Å². The highest BCUT2D eigenvalue weighted by Crippen LogP contribution is 2.20. The van der Waals surface area contributed by atoms with E-state index in [0.29, 0.717) is 12.5 Å². The summed E-state index contributed by atoms with van der Waals surface area (Å²) in [6.45, 7) is 5.73. The number of nitrogens with zero attached hydrogens (tertiary/aromatic N) is 1. The van der Waals surface area contributed by atoms with Gasteiger partial charge in [-0.2, -0.15) is 4.98 Å². The fraction of sp³-hybridized carbons (Fsp3) is 0.300. The highest BCUT2D eigenvalue weighted by atomic mass is 19.1. The highest BCUT2D eigenvalue weighted by Gasteiger charge is 2.12. The lowest BCUT2D eigenvalue weighted by atomic mass is 10.3. The molecule has 1 aromatic heterocycles. The molecular formula is C10H13F2N3O. The number of nitrogens with one attached hydrogen (secondary N) is 1. The average molecular weight is 229 g/mol. The largest absolute Gasteiger partial charge is 0.475 e. The van der Waals surface area contributed by atoms with Crippen LogP contribution in [0.3, 0.4) is 0 Å². The number of aromatic nitrogens is 1. The number of nitrogens with two attached hydrogens (primary N) is 1. The van der Waals surface area contributed by atoms with Crippen LogP contribution in [0, 0.1) is 11.6 Å². The third-order valence-electron chi connectivity index (χ3n) is 1.80. The van der Waals surface area contributed by atoms with Gasteiger partial charge in [0.05, 0.1) is 6.61 Å². The molecule has 0 saturated carbocycles. The maximum atomic E-state index is 13.2. The fourth-order valence-corrected chi connectivity index (χ4v) is 0.974. The van der Waals surface area contributed by atoms with E-state index in [9.17, 15) is 8.78 Å². The topological polar surface area (TPSA) is 60.2 Å². The first-order chi connectivity index (χ1) is 7.54. The molecule has 4 nitrogen and oxygen atoms in total. The van der Waals surface area contributed by atoms with Crippen molar-refractivity contribution in [2.24, 2.45) is 5.84 Å². The van der Waals surface area contributed by atoms with E-state index in [-0.39, 0.29) is 18.3 Å². The van der Waals surface area contributed by atoms with Crippen molar-refractivity contribution in [1.29, 1.82) is 0 Å². The molecule has 3 N–H and O–H groups in total. The summed E-state index contributed by atoms with van der Waals surface area (Å²) in [4.78, 5) is 3.55. The van der Waals surface area contributed by atoms with Crippen molar-refractivity contribution >= 4 is 5.82 Å². The van der Waals surface area contributed by atoms with E-state index in [1.54, 1.807) is 0 Å². The Morgan fingerprint density at radius 1 is 1.56 bits per heavy atom. The van der Waals surface area contributed by atoms with Crippen molar-refractivity contribution in [3.05, 3.63) is 29.9 Å². The van der Waals surface area contributed by atoms with Gasteiger partial charge in [0.15, 0.2) is 17.5 Å². The lowest BCUT2D eigenvalue weighted by Crippen LogP contribution is -2.12. The Labute approximate surface area is 92.1 Å². The lowest BCUT2D eigenvalue weighted by molar-refractivity contribution is 0.291. The molecule has 0 aromatic carbocycles. The van der Waals surface area contributed by atoms with Crippen LogP contribution in [0.2, 0.25) is 0 Å². The van der Waals surface area contributed by atoms with E-state index in [0.717, 1.165) is 5.57 Å². The van der Waals surface area contributed by atoms with Crippen molar-refractivity contribution in [1.82, 2.24) is 4.98 Å². The summed E-state index contributed by atoms with van der Waals surface area (Å²) in [7, 11) is 0. The molecule has 6 heteroatoms. The lowest BCUT2D eigenvalue weighted by Gasteiger charge is -2.08. The van der Waals surface area contributed by atoms with Crippen molar-refractivity contribution in [3.63, 3.8) is 0 Å². The van der Waals surface area contributed by atoms with Gasteiger partial charge in [-0.15, -0.1) is 6.58 Å². The Bertz CT molecular complexity index is 396. The molecule has 1 aromatic rings. The summed E-state index contributed by atoms with van der Waals surface area (Å²) >= 11 is 0. The molecule has 0 aliphatic rings. The molecule has 0 aliphatic carbocycles. The van der Waals surface area contributed by atoms with E-state index in [4.69, 9.17) is 10.6 Å². The quantitative estimate of drug-likeness (QED) is 0.460. The second kappa shape index (κ2) is 5.41. The van der Waals surface area contributed by atoms with Gasteiger partial charge in [-0.1, -0.05) is 5.57 Å². The predicted octanol–water partition coefficient (Wildman–Crippen LogP) is 1.99. The number of halogens is 2. The average Bonchev–Trinajstić information content (AvgIpc) is 2.20. The standard InChI is InChI=1S/C10H13F2N3O/c1-6(2)3-4-16-10-8(12)5-7(11)9(14-10)15-13/h5H,1,3-4,13H2,2H3,(H,14,15). The third-order valence-corrected chi connectivity index (χ3v) is 1.80. The van der Waals surface area contributed by atoms with E-state index in [2.05, 4.69) is 11.6 Å². The van der Waals surface area contributed by atoms with Crippen LogP contribution in [0.15, 0.2) is 18.2 Å². The van der Waals surface area contributed by atoms with Gasteiger partial charge in [0.2, 0.25) is 0 Å². The molecule has 1 rings (SSSR count). The van der Waals surface area contributed by atoms with Gasteiger partial charge in [-0.3, -0.25) is 0 Å². The van der Waals surface area contributed by atoms with E-state index in [1.807, 2.05) is 12.3 Å². The Morgan fingerprint density at radius 2 is 2.25 bits per heavy atom. The summed E-state index contributed by atoms with van der Waals surface area (Å²) in [6, 6.07) is 0.665. The van der Waals surface area contributed by atoms with Gasteiger partial charge in [0.25, 0.3) is 5.88 Å². The first-order valence-electron chi connectivity index (χ1n) is 4.64. The minimum Gasteiger partial charge on any atom is -0.475 e. The number of pyridine rings is 1. The molecule has 0 saturated heterocycles. The van der Waals surface area contributed by atoms with Crippen LogP contribution in [0.25, 0.3) is 0 Å². The van der Waals surface area contributed by atoms with Gasteiger partial charge >= 0.3 is 0 Å². The molecular weight excluding hydrogens is 216 g/mol. The summed E-state index contributed by atoms with van der Waals surface area (Å²) in [5, 5.41) is 0. The minimum atomic E-state index is -0.868. The van der Waals surface area contributed by atoms with E-state index >= 15 is 0 Å². The molecule has 88 valence electrons. The third kappa shape index (κ3) is 3.16. The number of hydrogen-bond acceptors (Lipinski definition) is 4. The SMILES string of the molecule is C=C(C)CCOc1nc(NN)c(F)cc1F. The van der Waals surface area contributed by atoms with Crippen LogP contribution in [-0.4, -0.2) is 11.6 Å². The summed E-state index contributed by atoms with van der Waals surface area (Å²) < 4.78 is 31.2. The van der Waals surface area contributed by atoms with Crippen LogP contribution in [-0.2, 0) is 0 Å². The first-order valence-corrected chi connectivity index (χ1v) is 4.64. The van der Waals surface area contributed by atoms with Crippen molar-refractivity contribution in [3.8, 4) is 5.88 Å². The zero-order valence-corrected chi connectivity index (χ0v) is 8.89. The van der Waals surface area contributed by atoms with E-state index in [1.165, 1.54) is 0 Å². The molecule has 1 heterocycles. The molecule has 0 bridgehead atoms. The monoisotopic (exact) mass is 229 g/mol. The number of ether oxygens (including phenoxy) is 1. The molecule has 0 spiro atoms. The van der Waals surface area contributed by atoms with Crippen molar-refractivity contribution in [2.75, 3.05) is 12.0 Å². The number of anilines is 1. The molecule has 0 unspecified atom stereocenters. The van der Waals surface area contributed by atoms with Crippen LogP contribution in [0.5, 0.6) is 5.88 Å². The second-order valence-corrected chi connectivity index (χ2v) is 3.31. The van der Waals surface area contributed by atoms with E-state index < -0.39 is 11.6 Å². The van der Waals surface area contributed by atoms with Gasteiger partial charge in [-0.25, -0.2) is 14.6 Å². The smallest absolute Gasteiger partial charge is 0.252 e. The maximum absolute atomic E-state index is 13.2. The number of rotatable bonds is 5. The van der Waals surface area contributed by atoms with Gasteiger partial charge < -0.3 is 10.2 Å². The Kier molecular flexibility index (Phi) is 4.19. The Balaban J connectivity index is 2.75. The Morgan fingerprint density at radius 3 is 2.81 bits per heavy atom. The van der Waals surface area contributed by atoms with Crippen LogP contribution in [0.4, 0.5) is 14.6 Å². The van der Waals surface area contributed by atoms with Crippen LogP contribution < -0.4 is 16.0 Å². The van der Waals surface area contributed by atoms with Crippen molar-refractivity contribution in [2.45, 2.75) is 13.3 Å². The first kappa shape index (κ1) is 12.4. The predicted molar refractivity (Wildman–Crippen MR) is 56.9 cm³/mol. The number of hydrogen-bond donors (Lipinski definition) is 2. The van der Waals surface area contributed by atoms with Crippen molar-refractivity contribution < 1.29 is 13.5 Å². The van der Waals surface area contributed by atoms with Crippen LogP contribution in [0.1, 0.15) is 13.3 Å². The molecule has 0 amide bonds. The molecule has 0 aliphatic heterocycles. The minimum absolute atomic E-state index is 0.231. The maximum Gasteiger partial charge on any atom is 0.252 e. The highest BCUT2D eigenvalue weighted by molar-refractivity contribution is 5.38. The summed E-state index contributed by atoms with van der Waals surface area (Å²) in [6.07, 6.45) is 0.573. The van der Waals surface area contributed by atoms with Gasteiger partial charge in [0, 0.05) is 12.5 Å². The zero-order valence-electron chi connectivity index (χ0n) is 8.89. The molecule has 0 fully saturated rings. The Hall–Kier alpha value is -1.69.